The lowest BCUT2D eigenvalue weighted by molar-refractivity contribution is -0.142. The molecular formula is C28H40N10O5S. The molecule has 0 aliphatic heterocycles. The molecule has 0 radical (unpaired) electrons. The highest BCUT2D eigenvalue weighted by molar-refractivity contribution is 7.98. The fraction of sp³-hybridized carbons (Fsp3) is 0.429. The quantitative estimate of drug-likeness (QED) is 0.0488. The topological polar surface area (TPSA) is 259 Å². The molecule has 0 saturated carbocycles. The van der Waals surface area contributed by atoms with Gasteiger partial charge in [0.25, 0.3) is 0 Å². The fourth-order valence-corrected chi connectivity index (χ4v) is 5.02. The second-order valence-electron chi connectivity index (χ2n) is 10.2. The van der Waals surface area contributed by atoms with Gasteiger partial charge < -0.3 is 48.2 Å². The summed E-state index contributed by atoms with van der Waals surface area (Å²) in [5, 5.41) is 18.7. The molecule has 15 nitrogen and oxygen atoms in total. The van der Waals surface area contributed by atoms with Gasteiger partial charge in [-0.3, -0.25) is 19.4 Å². The van der Waals surface area contributed by atoms with E-state index >= 15 is 0 Å². The van der Waals surface area contributed by atoms with Gasteiger partial charge in [0.15, 0.2) is 5.96 Å². The van der Waals surface area contributed by atoms with Crippen LogP contribution in [0.5, 0.6) is 0 Å². The van der Waals surface area contributed by atoms with E-state index in [4.69, 9.17) is 17.2 Å². The number of fused-ring (bicyclic) bond motifs is 1. The molecule has 3 aromatic rings. The smallest absolute Gasteiger partial charge is 0.326 e. The number of nitrogens with two attached hydrogens (primary N) is 3. The molecule has 44 heavy (non-hydrogen) atoms. The SMILES string of the molecule is CSCCC(NC(=O)C(N)Cc1cnc[nH]1)C(=O)NC(CCCN=C(N)N)C(=O)NC(Cc1c[nH]c2ccccc12)C(=O)O. The average molecular weight is 629 g/mol. The Morgan fingerprint density at radius 3 is 2.32 bits per heavy atom. The number of benzene rings is 1. The lowest BCUT2D eigenvalue weighted by Gasteiger charge is -2.25. The van der Waals surface area contributed by atoms with Crippen molar-refractivity contribution in [3.8, 4) is 0 Å². The molecule has 2 heterocycles. The Morgan fingerprint density at radius 2 is 1.66 bits per heavy atom. The summed E-state index contributed by atoms with van der Waals surface area (Å²) in [6, 6.07) is 3.09. The van der Waals surface area contributed by atoms with Crippen molar-refractivity contribution in [3.63, 3.8) is 0 Å². The van der Waals surface area contributed by atoms with Crippen LogP contribution in [0.25, 0.3) is 10.9 Å². The Hall–Kier alpha value is -4.57. The van der Waals surface area contributed by atoms with E-state index in [1.54, 1.807) is 12.4 Å². The molecule has 0 spiro atoms. The van der Waals surface area contributed by atoms with Crippen LogP contribution in [0.2, 0.25) is 0 Å². The zero-order chi connectivity index (χ0) is 32.1. The molecule has 4 unspecified atom stereocenters. The van der Waals surface area contributed by atoms with Crippen LogP contribution in [0.1, 0.15) is 30.5 Å². The molecule has 12 N–H and O–H groups in total. The number of nitrogens with zero attached hydrogens (tertiary/aromatic N) is 2. The van der Waals surface area contributed by atoms with E-state index in [0.29, 0.717) is 23.4 Å². The van der Waals surface area contributed by atoms with Crippen LogP contribution in [0.15, 0.2) is 48.0 Å². The first-order valence-electron chi connectivity index (χ1n) is 14.0. The van der Waals surface area contributed by atoms with Crippen molar-refractivity contribution in [3.05, 3.63) is 54.2 Å². The van der Waals surface area contributed by atoms with Crippen molar-refractivity contribution in [2.75, 3.05) is 18.6 Å². The van der Waals surface area contributed by atoms with Gasteiger partial charge in [0.2, 0.25) is 17.7 Å². The summed E-state index contributed by atoms with van der Waals surface area (Å²) in [4.78, 5) is 65.7. The van der Waals surface area contributed by atoms with Gasteiger partial charge in [-0.25, -0.2) is 9.78 Å². The third kappa shape index (κ3) is 10.3. The molecule has 0 aliphatic carbocycles. The average Bonchev–Trinajstić information content (AvgIpc) is 3.66. The molecule has 0 fully saturated rings. The maximum absolute atomic E-state index is 13.5. The summed E-state index contributed by atoms with van der Waals surface area (Å²) in [6.45, 7) is 0.189. The summed E-state index contributed by atoms with van der Waals surface area (Å²) in [5.41, 5.74) is 19.1. The van der Waals surface area contributed by atoms with Crippen LogP contribution in [0.4, 0.5) is 0 Å². The minimum absolute atomic E-state index is 0.0143. The van der Waals surface area contributed by atoms with Crippen LogP contribution >= 0.6 is 11.8 Å². The first kappa shape index (κ1) is 33.9. The number of carboxylic acid groups (broad SMARTS) is 1. The number of aliphatic carboxylic acids is 1. The summed E-state index contributed by atoms with van der Waals surface area (Å²) in [6.07, 6.45) is 7.49. The van der Waals surface area contributed by atoms with Crippen LogP contribution in [-0.4, -0.2) is 92.4 Å². The van der Waals surface area contributed by atoms with Crippen molar-refractivity contribution < 1.29 is 24.3 Å². The zero-order valence-corrected chi connectivity index (χ0v) is 25.2. The molecule has 238 valence electrons. The lowest BCUT2D eigenvalue weighted by Crippen LogP contribution is -2.57. The number of hydrogen-bond donors (Lipinski definition) is 9. The molecule has 0 bridgehead atoms. The predicted octanol–water partition coefficient (Wildman–Crippen LogP) is -0.651. The normalized spacial score (nSPS) is 13.8. The van der Waals surface area contributed by atoms with E-state index in [1.165, 1.54) is 18.1 Å². The van der Waals surface area contributed by atoms with E-state index in [0.717, 1.165) is 10.9 Å². The van der Waals surface area contributed by atoms with E-state index < -0.39 is 47.9 Å². The van der Waals surface area contributed by atoms with Crippen LogP contribution in [0.3, 0.4) is 0 Å². The Kier molecular flexibility index (Phi) is 13.0. The van der Waals surface area contributed by atoms with Crippen molar-refractivity contribution >= 4 is 52.3 Å². The summed E-state index contributed by atoms with van der Waals surface area (Å²) in [7, 11) is 0. The van der Waals surface area contributed by atoms with Gasteiger partial charge in [-0.2, -0.15) is 11.8 Å². The van der Waals surface area contributed by atoms with Gasteiger partial charge >= 0.3 is 5.97 Å². The van der Waals surface area contributed by atoms with Gasteiger partial charge in [0.1, 0.15) is 18.1 Å². The number of para-hydroxylation sites is 1. The molecule has 3 amide bonds. The Labute approximate surface area is 258 Å². The Bertz CT molecular complexity index is 1420. The van der Waals surface area contributed by atoms with Crippen molar-refractivity contribution in [1.82, 2.24) is 30.9 Å². The first-order chi connectivity index (χ1) is 21.1. The minimum atomic E-state index is -1.27. The minimum Gasteiger partial charge on any atom is -0.480 e. The molecule has 16 heteroatoms. The molecule has 0 aliphatic rings. The summed E-state index contributed by atoms with van der Waals surface area (Å²) >= 11 is 1.48. The molecule has 4 atom stereocenters. The summed E-state index contributed by atoms with van der Waals surface area (Å²) < 4.78 is 0. The number of amides is 3. The van der Waals surface area contributed by atoms with Crippen molar-refractivity contribution in [1.29, 1.82) is 0 Å². The molecule has 0 saturated heterocycles. The number of thioether (sulfide) groups is 1. The van der Waals surface area contributed by atoms with E-state index in [1.807, 2.05) is 30.5 Å². The Morgan fingerprint density at radius 1 is 0.977 bits per heavy atom. The molecule has 3 rings (SSSR count). The van der Waals surface area contributed by atoms with Crippen molar-refractivity contribution in [2.45, 2.75) is 56.3 Å². The second-order valence-corrected chi connectivity index (χ2v) is 11.2. The number of hydrogen-bond acceptors (Lipinski definition) is 8. The van der Waals surface area contributed by atoms with Gasteiger partial charge in [0.05, 0.1) is 12.4 Å². The molecule has 1 aromatic carbocycles. The van der Waals surface area contributed by atoms with Gasteiger partial charge in [0, 0.05) is 48.4 Å². The van der Waals surface area contributed by atoms with Gasteiger partial charge in [-0.05, 0) is 42.9 Å². The van der Waals surface area contributed by atoms with Crippen LogP contribution in [0, 0.1) is 0 Å². The fourth-order valence-electron chi connectivity index (χ4n) is 4.55. The number of aliphatic imine (C=N–C) groups is 1. The summed E-state index contributed by atoms with van der Waals surface area (Å²) in [5.74, 6) is -2.65. The van der Waals surface area contributed by atoms with Crippen LogP contribution < -0.4 is 33.2 Å². The number of imidazole rings is 1. The number of aromatic amines is 2. The molecular weight excluding hydrogens is 588 g/mol. The number of rotatable bonds is 18. The third-order valence-corrected chi connectivity index (χ3v) is 7.51. The largest absolute Gasteiger partial charge is 0.480 e. The number of aromatic nitrogens is 3. The number of carbonyl (C=O) groups is 4. The van der Waals surface area contributed by atoms with E-state index in [9.17, 15) is 24.3 Å². The first-order valence-corrected chi connectivity index (χ1v) is 15.4. The van der Waals surface area contributed by atoms with Crippen LogP contribution in [-0.2, 0) is 32.0 Å². The maximum atomic E-state index is 13.5. The highest BCUT2D eigenvalue weighted by atomic mass is 32.2. The Balaban J connectivity index is 1.73. The molecule has 2 aromatic heterocycles. The number of guanidine groups is 1. The predicted molar refractivity (Wildman–Crippen MR) is 169 cm³/mol. The van der Waals surface area contributed by atoms with E-state index in [2.05, 4.69) is 35.9 Å². The standard InChI is InChI=1S/C28H40N10O5S/c1-44-10-8-22(36-24(39)19(29)12-17-14-32-15-35-17)26(41)37-21(7-4-9-33-28(30)31)25(40)38-23(27(42)43)11-16-13-34-20-6-3-2-5-18(16)20/h2-3,5-6,13-15,19,21-23,34H,4,7-12,29H2,1H3,(H,32,35)(H,36,39)(H,37,41)(H,38,40)(H,42,43)(H4,30,31,33). The number of nitrogens with one attached hydrogen (secondary N) is 5. The number of H-pyrrole nitrogens is 2. The lowest BCUT2D eigenvalue weighted by atomic mass is 10.0. The van der Waals surface area contributed by atoms with Gasteiger partial charge in [-0.1, -0.05) is 18.2 Å². The van der Waals surface area contributed by atoms with Gasteiger partial charge in [-0.15, -0.1) is 0 Å². The monoisotopic (exact) mass is 628 g/mol. The zero-order valence-electron chi connectivity index (χ0n) is 24.4. The highest BCUT2D eigenvalue weighted by Gasteiger charge is 2.30. The van der Waals surface area contributed by atoms with E-state index in [-0.39, 0.29) is 38.2 Å². The number of carboxylic acids is 1. The third-order valence-electron chi connectivity index (χ3n) is 6.87. The maximum Gasteiger partial charge on any atom is 0.326 e. The second kappa shape index (κ2) is 16.9. The highest BCUT2D eigenvalue weighted by Crippen LogP contribution is 2.19. The van der Waals surface area contributed by atoms with Crippen molar-refractivity contribution in [2.24, 2.45) is 22.2 Å². The number of carbonyl (C=O) groups excluding carboxylic acids is 3.